The van der Waals surface area contributed by atoms with E-state index in [1.54, 1.807) is 36.4 Å². The average molecular weight is 413 g/mol. The van der Waals surface area contributed by atoms with Gasteiger partial charge < -0.3 is 9.47 Å². The van der Waals surface area contributed by atoms with Crippen LogP contribution in [0, 0.1) is 11.3 Å². The first-order chi connectivity index (χ1) is 15.1. The van der Waals surface area contributed by atoms with E-state index in [2.05, 4.69) is 10.9 Å². The van der Waals surface area contributed by atoms with Crippen LogP contribution >= 0.6 is 0 Å². The van der Waals surface area contributed by atoms with E-state index in [0.717, 1.165) is 5.56 Å². The summed E-state index contributed by atoms with van der Waals surface area (Å²) in [6.07, 6.45) is 2.90. The van der Waals surface area contributed by atoms with E-state index in [1.165, 1.54) is 6.08 Å². The molecular weight excluding hydrogens is 394 g/mol. The van der Waals surface area contributed by atoms with Crippen molar-refractivity contribution in [2.75, 3.05) is 6.61 Å². The van der Waals surface area contributed by atoms with E-state index in [-0.39, 0.29) is 6.61 Å². The second kappa shape index (κ2) is 10.8. The average Bonchev–Trinajstić information content (AvgIpc) is 2.81. The standard InChI is InChI=1S/C24H19N3O4/c25-16-19-9-12-20(13-10-19)30-17-24(29)27-26-23(28)14-11-18-5-4-8-22(15-18)31-21-6-2-1-3-7-21/h1-15H,17H2,(H,26,28)(H,27,29)/b14-11+. The van der Waals surface area contributed by atoms with Crippen molar-refractivity contribution in [3.05, 3.63) is 96.1 Å². The zero-order valence-corrected chi connectivity index (χ0v) is 16.4. The molecule has 7 nitrogen and oxygen atoms in total. The van der Waals surface area contributed by atoms with Gasteiger partial charge in [-0.05, 0) is 60.2 Å². The highest BCUT2D eigenvalue weighted by Crippen LogP contribution is 2.22. The van der Waals surface area contributed by atoms with E-state index in [0.29, 0.717) is 22.8 Å². The molecule has 0 aromatic heterocycles. The van der Waals surface area contributed by atoms with Crippen LogP contribution < -0.4 is 20.3 Å². The van der Waals surface area contributed by atoms with Gasteiger partial charge in [-0.1, -0.05) is 30.3 Å². The number of hydrogen-bond donors (Lipinski definition) is 2. The van der Waals surface area contributed by atoms with Crippen LogP contribution in [0.25, 0.3) is 6.08 Å². The summed E-state index contributed by atoms with van der Waals surface area (Å²) in [5.41, 5.74) is 5.80. The molecular formula is C24H19N3O4. The minimum absolute atomic E-state index is 0.283. The summed E-state index contributed by atoms with van der Waals surface area (Å²) in [7, 11) is 0. The Balaban J connectivity index is 1.44. The first-order valence-corrected chi connectivity index (χ1v) is 9.35. The summed E-state index contributed by atoms with van der Waals surface area (Å²) < 4.78 is 11.0. The van der Waals surface area contributed by atoms with Gasteiger partial charge in [0, 0.05) is 6.08 Å². The third-order valence-electron chi connectivity index (χ3n) is 3.94. The van der Waals surface area contributed by atoms with Gasteiger partial charge in [0.2, 0.25) is 0 Å². The van der Waals surface area contributed by atoms with E-state index in [9.17, 15) is 9.59 Å². The third kappa shape index (κ3) is 7.07. The van der Waals surface area contributed by atoms with Gasteiger partial charge in [-0.15, -0.1) is 0 Å². The Kier molecular flexibility index (Phi) is 7.39. The lowest BCUT2D eigenvalue weighted by Gasteiger charge is -2.08. The highest BCUT2D eigenvalue weighted by Gasteiger charge is 2.04. The minimum atomic E-state index is -0.524. The second-order valence-corrected chi connectivity index (χ2v) is 6.28. The molecule has 0 atom stereocenters. The van der Waals surface area contributed by atoms with Crippen molar-refractivity contribution in [2.24, 2.45) is 0 Å². The van der Waals surface area contributed by atoms with Crippen LogP contribution in [-0.4, -0.2) is 18.4 Å². The molecule has 2 amide bonds. The van der Waals surface area contributed by atoms with Gasteiger partial charge >= 0.3 is 0 Å². The van der Waals surface area contributed by atoms with Crippen LogP contribution in [-0.2, 0) is 9.59 Å². The van der Waals surface area contributed by atoms with Gasteiger partial charge in [-0.25, -0.2) is 0 Å². The molecule has 0 spiro atoms. The molecule has 0 bridgehead atoms. The molecule has 3 aromatic rings. The lowest BCUT2D eigenvalue weighted by Crippen LogP contribution is -2.43. The number of amides is 2. The van der Waals surface area contributed by atoms with Crippen LogP contribution in [0.3, 0.4) is 0 Å². The molecule has 0 aliphatic heterocycles. The zero-order valence-electron chi connectivity index (χ0n) is 16.4. The van der Waals surface area contributed by atoms with E-state index in [4.69, 9.17) is 14.7 Å². The quantitative estimate of drug-likeness (QED) is 0.455. The Morgan fingerprint density at radius 3 is 2.35 bits per heavy atom. The largest absolute Gasteiger partial charge is 0.484 e. The van der Waals surface area contributed by atoms with Crippen molar-refractivity contribution in [3.8, 4) is 23.3 Å². The monoisotopic (exact) mass is 413 g/mol. The lowest BCUT2D eigenvalue weighted by atomic mass is 10.2. The molecule has 7 heteroatoms. The third-order valence-corrected chi connectivity index (χ3v) is 3.94. The number of carbonyl (C=O) groups is 2. The van der Waals surface area contributed by atoms with Gasteiger partial charge in [0.25, 0.3) is 11.8 Å². The van der Waals surface area contributed by atoms with Crippen LogP contribution in [0.15, 0.2) is 84.9 Å². The molecule has 0 radical (unpaired) electrons. The number of nitrogens with one attached hydrogen (secondary N) is 2. The van der Waals surface area contributed by atoms with Crippen molar-refractivity contribution in [1.29, 1.82) is 5.26 Å². The first-order valence-electron chi connectivity index (χ1n) is 9.35. The maximum Gasteiger partial charge on any atom is 0.276 e. The molecule has 0 saturated heterocycles. The SMILES string of the molecule is N#Cc1ccc(OCC(=O)NNC(=O)/C=C/c2cccc(Oc3ccccc3)c2)cc1. The molecule has 0 aliphatic rings. The van der Waals surface area contributed by atoms with Crippen molar-refractivity contribution >= 4 is 17.9 Å². The van der Waals surface area contributed by atoms with Crippen molar-refractivity contribution in [2.45, 2.75) is 0 Å². The van der Waals surface area contributed by atoms with Gasteiger partial charge in [0.1, 0.15) is 17.2 Å². The normalized spacial score (nSPS) is 10.2. The Morgan fingerprint density at radius 1 is 0.871 bits per heavy atom. The summed E-state index contributed by atoms with van der Waals surface area (Å²) in [5.74, 6) is 0.776. The Bertz CT molecular complexity index is 1100. The highest BCUT2D eigenvalue weighted by atomic mass is 16.5. The molecule has 0 aliphatic carbocycles. The highest BCUT2D eigenvalue weighted by molar-refractivity contribution is 5.93. The van der Waals surface area contributed by atoms with Gasteiger partial charge in [0.15, 0.2) is 6.61 Å². The van der Waals surface area contributed by atoms with Gasteiger partial charge in [-0.2, -0.15) is 5.26 Å². The minimum Gasteiger partial charge on any atom is -0.484 e. The molecule has 0 fully saturated rings. The van der Waals surface area contributed by atoms with Crippen molar-refractivity contribution in [1.82, 2.24) is 10.9 Å². The van der Waals surface area contributed by atoms with E-state index >= 15 is 0 Å². The topological polar surface area (TPSA) is 100 Å². The molecule has 0 unspecified atom stereocenters. The second-order valence-electron chi connectivity index (χ2n) is 6.28. The number of ether oxygens (including phenoxy) is 2. The summed E-state index contributed by atoms with van der Waals surface area (Å²) in [5, 5.41) is 8.75. The van der Waals surface area contributed by atoms with Crippen LogP contribution in [0.5, 0.6) is 17.2 Å². The molecule has 3 rings (SSSR count). The van der Waals surface area contributed by atoms with Crippen LogP contribution in [0.2, 0.25) is 0 Å². The van der Waals surface area contributed by atoms with Gasteiger partial charge in [0.05, 0.1) is 11.6 Å². The first kappa shape index (κ1) is 21.1. The fraction of sp³-hybridized carbons (Fsp3) is 0.0417. The van der Waals surface area contributed by atoms with Crippen molar-refractivity contribution < 1.29 is 19.1 Å². The molecule has 31 heavy (non-hydrogen) atoms. The number of hydrogen-bond acceptors (Lipinski definition) is 5. The number of nitrogens with zero attached hydrogens (tertiary/aromatic N) is 1. The number of rotatable bonds is 7. The predicted molar refractivity (Wildman–Crippen MR) is 115 cm³/mol. The molecule has 0 heterocycles. The van der Waals surface area contributed by atoms with Crippen LogP contribution in [0.4, 0.5) is 0 Å². The Labute approximate surface area is 179 Å². The summed E-state index contributed by atoms with van der Waals surface area (Å²) in [4.78, 5) is 23.7. The molecule has 0 saturated carbocycles. The zero-order chi connectivity index (χ0) is 21.9. The Hall–Kier alpha value is -4.57. The number of hydrazine groups is 1. The fourth-order valence-electron chi connectivity index (χ4n) is 2.46. The maximum atomic E-state index is 11.9. The van der Waals surface area contributed by atoms with Crippen molar-refractivity contribution in [3.63, 3.8) is 0 Å². The van der Waals surface area contributed by atoms with Crippen LogP contribution in [0.1, 0.15) is 11.1 Å². The summed E-state index contributed by atoms with van der Waals surface area (Å²) in [6, 6.07) is 25.0. The number of carbonyl (C=O) groups excluding carboxylic acids is 2. The summed E-state index contributed by atoms with van der Waals surface area (Å²) in [6.45, 7) is -0.283. The summed E-state index contributed by atoms with van der Waals surface area (Å²) >= 11 is 0. The predicted octanol–water partition coefficient (Wildman–Crippen LogP) is 3.59. The Morgan fingerprint density at radius 2 is 1.61 bits per heavy atom. The number of para-hydroxylation sites is 1. The smallest absolute Gasteiger partial charge is 0.276 e. The number of nitriles is 1. The number of benzene rings is 3. The lowest BCUT2D eigenvalue weighted by molar-refractivity contribution is -0.128. The molecule has 2 N–H and O–H groups in total. The van der Waals surface area contributed by atoms with Gasteiger partial charge in [-0.3, -0.25) is 20.4 Å². The van der Waals surface area contributed by atoms with E-state index < -0.39 is 11.8 Å². The fourth-order valence-corrected chi connectivity index (χ4v) is 2.46. The maximum absolute atomic E-state index is 11.9. The molecule has 154 valence electrons. The molecule has 3 aromatic carbocycles. The van der Waals surface area contributed by atoms with E-state index in [1.807, 2.05) is 54.6 Å².